The van der Waals surface area contributed by atoms with Gasteiger partial charge in [-0.1, -0.05) is 6.07 Å². The van der Waals surface area contributed by atoms with Crippen molar-refractivity contribution < 1.29 is 17.6 Å². The summed E-state index contributed by atoms with van der Waals surface area (Å²) < 4.78 is 52.3. The molecule has 4 rings (SSSR count). The third kappa shape index (κ3) is 4.04. The van der Waals surface area contributed by atoms with Crippen molar-refractivity contribution in [1.82, 2.24) is 19.9 Å². The fourth-order valence-corrected chi connectivity index (χ4v) is 3.40. The normalized spacial score (nSPS) is 14.6. The highest BCUT2D eigenvalue weighted by Crippen LogP contribution is 2.32. The number of hydrogen-bond donors (Lipinski definition) is 1. The first kappa shape index (κ1) is 19.3. The lowest BCUT2D eigenvalue weighted by Gasteiger charge is -2.28. The second kappa shape index (κ2) is 7.40. The van der Waals surface area contributed by atoms with Crippen LogP contribution in [0.1, 0.15) is 22.4 Å². The van der Waals surface area contributed by atoms with Crippen molar-refractivity contribution in [2.75, 3.05) is 6.54 Å². The molecule has 0 unspecified atom stereocenters. The molecule has 0 spiro atoms. The number of rotatable bonds is 3. The number of aromatic nitrogens is 3. The van der Waals surface area contributed by atoms with Crippen LogP contribution in [-0.4, -0.2) is 26.4 Å². The van der Waals surface area contributed by atoms with E-state index in [1.165, 1.54) is 6.07 Å². The van der Waals surface area contributed by atoms with Crippen LogP contribution in [0.25, 0.3) is 11.4 Å². The Kier molecular flexibility index (Phi) is 4.91. The van der Waals surface area contributed by atoms with Crippen molar-refractivity contribution in [3.8, 4) is 11.4 Å². The molecular formula is C20H16F4N4O. The molecule has 2 aromatic heterocycles. The lowest BCUT2D eigenvalue weighted by molar-refractivity contribution is -0.140. The average molecular weight is 404 g/mol. The molecule has 0 saturated heterocycles. The van der Waals surface area contributed by atoms with Crippen LogP contribution in [-0.2, 0) is 25.7 Å². The second-order valence-electron chi connectivity index (χ2n) is 6.85. The van der Waals surface area contributed by atoms with E-state index in [2.05, 4.69) is 15.0 Å². The van der Waals surface area contributed by atoms with Crippen LogP contribution in [0, 0.1) is 5.82 Å². The number of hydrogen-bond acceptors (Lipinski definition) is 4. The van der Waals surface area contributed by atoms with Gasteiger partial charge in [0.15, 0.2) is 0 Å². The van der Waals surface area contributed by atoms with Crippen LogP contribution in [0.4, 0.5) is 17.6 Å². The minimum absolute atomic E-state index is 0.173. The minimum atomic E-state index is -4.75. The van der Waals surface area contributed by atoms with Crippen LogP contribution < -0.4 is 5.56 Å². The van der Waals surface area contributed by atoms with E-state index in [0.29, 0.717) is 41.2 Å². The van der Waals surface area contributed by atoms with Gasteiger partial charge in [0.25, 0.3) is 5.56 Å². The molecule has 0 bridgehead atoms. The fraction of sp³-hybridized carbons (Fsp3) is 0.250. The standard InChI is InChI=1S/C20H16F4N4O/c21-16-4-3-12(8-15(16)20(22,23)24)10-28-7-5-17-14(11-28)19(29)27-18(26-17)13-2-1-6-25-9-13/h1-4,6,8-9H,5,7,10-11H2,(H,26,27,29). The maximum atomic E-state index is 13.5. The molecule has 1 N–H and O–H groups in total. The molecule has 0 atom stereocenters. The lowest BCUT2D eigenvalue weighted by Crippen LogP contribution is -2.35. The Labute approximate surface area is 163 Å². The topological polar surface area (TPSA) is 61.9 Å². The molecule has 1 aromatic carbocycles. The summed E-state index contributed by atoms with van der Waals surface area (Å²) in [5.74, 6) is -0.863. The third-order valence-electron chi connectivity index (χ3n) is 4.83. The summed E-state index contributed by atoms with van der Waals surface area (Å²) >= 11 is 0. The van der Waals surface area contributed by atoms with Crippen molar-refractivity contribution in [1.29, 1.82) is 0 Å². The van der Waals surface area contributed by atoms with Gasteiger partial charge in [0.05, 0.1) is 16.8 Å². The maximum absolute atomic E-state index is 13.5. The molecule has 3 aromatic rings. The van der Waals surface area contributed by atoms with Gasteiger partial charge >= 0.3 is 6.18 Å². The molecule has 0 amide bonds. The van der Waals surface area contributed by atoms with Crippen molar-refractivity contribution in [3.05, 3.63) is 81.3 Å². The molecule has 0 radical (unpaired) electrons. The fourth-order valence-electron chi connectivity index (χ4n) is 3.40. The summed E-state index contributed by atoms with van der Waals surface area (Å²) in [6.07, 6.45) is -1.04. The molecular weight excluding hydrogens is 388 g/mol. The minimum Gasteiger partial charge on any atom is -0.306 e. The van der Waals surface area contributed by atoms with Gasteiger partial charge in [0.2, 0.25) is 0 Å². The Morgan fingerprint density at radius 1 is 1.21 bits per heavy atom. The quantitative estimate of drug-likeness (QED) is 0.679. The molecule has 150 valence electrons. The summed E-state index contributed by atoms with van der Waals surface area (Å²) in [7, 11) is 0. The largest absolute Gasteiger partial charge is 0.419 e. The van der Waals surface area contributed by atoms with E-state index < -0.39 is 17.6 Å². The van der Waals surface area contributed by atoms with Crippen LogP contribution in [0.2, 0.25) is 0 Å². The van der Waals surface area contributed by atoms with Crippen molar-refractivity contribution >= 4 is 0 Å². The van der Waals surface area contributed by atoms with Crippen molar-refractivity contribution in [2.24, 2.45) is 0 Å². The summed E-state index contributed by atoms with van der Waals surface area (Å²) in [5.41, 5.74) is 0.613. The molecule has 3 heterocycles. The van der Waals surface area contributed by atoms with E-state index in [-0.39, 0.29) is 18.6 Å². The van der Waals surface area contributed by atoms with Gasteiger partial charge in [-0.2, -0.15) is 13.2 Å². The highest BCUT2D eigenvalue weighted by atomic mass is 19.4. The Balaban J connectivity index is 1.56. The Morgan fingerprint density at radius 2 is 2.03 bits per heavy atom. The summed E-state index contributed by atoms with van der Waals surface area (Å²) in [6, 6.07) is 6.51. The van der Waals surface area contributed by atoms with E-state index in [9.17, 15) is 22.4 Å². The number of pyridine rings is 1. The van der Waals surface area contributed by atoms with Gasteiger partial charge in [-0.05, 0) is 29.8 Å². The number of halogens is 4. The van der Waals surface area contributed by atoms with Crippen LogP contribution in [0.3, 0.4) is 0 Å². The average Bonchev–Trinajstić information content (AvgIpc) is 2.69. The highest BCUT2D eigenvalue weighted by molar-refractivity contribution is 5.53. The number of nitrogens with zero attached hydrogens (tertiary/aromatic N) is 3. The van der Waals surface area contributed by atoms with Gasteiger partial charge in [-0.25, -0.2) is 9.37 Å². The van der Waals surface area contributed by atoms with E-state index in [0.717, 1.165) is 12.1 Å². The number of nitrogens with one attached hydrogen (secondary N) is 1. The molecule has 5 nitrogen and oxygen atoms in total. The molecule has 0 fully saturated rings. The zero-order chi connectivity index (χ0) is 20.6. The van der Waals surface area contributed by atoms with Crippen LogP contribution in [0.5, 0.6) is 0 Å². The van der Waals surface area contributed by atoms with E-state index in [1.54, 1.807) is 24.5 Å². The first-order valence-corrected chi connectivity index (χ1v) is 8.92. The van der Waals surface area contributed by atoms with Crippen molar-refractivity contribution in [3.63, 3.8) is 0 Å². The lowest BCUT2D eigenvalue weighted by atomic mass is 10.0. The smallest absolute Gasteiger partial charge is 0.306 e. The van der Waals surface area contributed by atoms with Gasteiger partial charge in [0, 0.05) is 44.0 Å². The van der Waals surface area contributed by atoms with Crippen molar-refractivity contribution in [2.45, 2.75) is 25.7 Å². The number of alkyl halides is 3. The van der Waals surface area contributed by atoms with Gasteiger partial charge < -0.3 is 4.98 Å². The highest BCUT2D eigenvalue weighted by Gasteiger charge is 2.34. The summed E-state index contributed by atoms with van der Waals surface area (Å²) in [4.78, 5) is 25.7. The van der Waals surface area contributed by atoms with E-state index in [1.807, 2.05) is 4.90 Å². The molecule has 29 heavy (non-hydrogen) atoms. The first-order chi connectivity index (χ1) is 13.8. The molecule has 1 aliphatic rings. The number of H-pyrrole nitrogens is 1. The number of fused-ring (bicyclic) bond motifs is 1. The Hall–Kier alpha value is -3.07. The SMILES string of the molecule is O=c1[nH]c(-c2cccnc2)nc2c1CN(Cc1ccc(F)c(C(F)(F)F)c1)CC2. The zero-order valence-electron chi connectivity index (χ0n) is 15.1. The molecule has 0 aliphatic carbocycles. The molecule has 9 heteroatoms. The van der Waals surface area contributed by atoms with Crippen LogP contribution in [0.15, 0.2) is 47.5 Å². The van der Waals surface area contributed by atoms with Gasteiger partial charge in [-0.3, -0.25) is 14.7 Å². The van der Waals surface area contributed by atoms with Gasteiger partial charge in [-0.15, -0.1) is 0 Å². The zero-order valence-corrected chi connectivity index (χ0v) is 15.1. The molecule has 0 saturated carbocycles. The Bertz CT molecular complexity index is 1100. The van der Waals surface area contributed by atoms with E-state index >= 15 is 0 Å². The molecule has 1 aliphatic heterocycles. The summed E-state index contributed by atoms with van der Waals surface area (Å²) in [5, 5.41) is 0. The predicted molar refractivity (Wildman–Crippen MR) is 97.3 cm³/mol. The third-order valence-corrected chi connectivity index (χ3v) is 4.83. The number of benzene rings is 1. The van der Waals surface area contributed by atoms with E-state index in [4.69, 9.17) is 0 Å². The van der Waals surface area contributed by atoms with Gasteiger partial charge in [0.1, 0.15) is 11.6 Å². The monoisotopic (exact) mass is 404 g/mol. The Morgan fingerprint density at radius 3 is 2.76 bits per heavy atom. The van der Waals surface area contributed by atoms with Crippen LogP contribution >= 0.6 is 0 Å². The summed E-state index contributed by atoms with van der Waals surface area (Å²) in [6.45, 7) is 0.949. The first-order valence-electron chi connectivity index (χ1n) is 8.92. The number of aromatic amines is 1. The predicted octanol–water partition coefficient (Wildman–Crippen LogP) is 3.55. The maximum Gasteiger partial charge on any atom is 0.419 e. The second-order valence-corrected chi connectivity index (χ2v) is 6.85.